The number of carbonyl (C=O) groups is 4. The minimum Gasteiger partial charge on any atom is -0.456 e. The van der Waals surface area contributed by atoms with Crippen molar-refractivity contribution in [3.05, 3.63) is 51.2 Å². The number of aldehydes is 1. The number of benzene rings is 1. The molecule has 0 saturated carbocycles. The molecule has 1 unspecified atom stereocenters. The lowest BCUT2D eigenvalue weighted by Gasteiger charge is -2.49. The first-order valence-corrected chi connectivity index (χ1v) is 10.6. The molecular formula is C20H21N3O8S. The van der Waals surface area contributed by atoms with Gasteiger partial charge in [0.05, 0.1) is 4.92 Å². The van der Waals surface area contributed by atoms with E-state index in [4.69, 9.17) is 9.47 Å². The van der Waals surface area contributed by atoms with Gasteiger partial charge in [-0.1, -0.05) is 0 Å². The number of alkyl carbamates (subject to hydrolysis) is 1. The van der Waals surface area contributed by atoms with Crippen LogP contribution in [0.25, 0.3) is 0 Å². The van der Waals surface area contributed by atoms with Crippen molar-refractivity contribution >= 4 is 41.7 Å². The molecule has 2 atom stereocenters. The molecule has 2 heterocycles. The van der Waals surface area contributed by atoms with Crippen LogP contribution in [0.2, 0.25) is 0 Å². The largest absolute Gasteiger partial charge is 0.456 e. The second-order valence-corrected chi connectivity index (χ2v) is 9.13. The number of carbonyl (C=O) groups excluding carboxylic acids is 4. The number of nitrogens with one attached hydrogen (secondary N) is 1. The van der Waals surface area contributed by atoms with E-state index in [1.165, 1.54) is 36.0 Å². The first-order valence-electron chi connectivity index (χ1n) is 9.55. The van der Waals surface area contributed by atoms with Gasteiger partial charge in [-0.2, -0.15) is 0 Å². The first kappa shape index (κ1) is 23.3. The maximum Gasteiger partial charge on any atom is 0.408 e. The normalized spacial score (nSPS) is 20.1. The van der Waals surface area contributed by atoms with E-state index in [1.54, 1.807) is 20.8 Å². The highest BCUT2D eigenvalue weighted by molar-refractivity contribution is 8.00. The van der Waals surface area contributed by atoms with Crippen LogP contribution in [0.15, 0.2) is 35.5 Å². The van der Waals surface area contributed by atoms with Gasteiger partial charge in [0, 0.05) is 23.5 Å². The van der Waals surface area contributed by atoms with Crippen LogP contribution < -0.4 is 5.32 Å². The summed E-state index contributed by atoms with van der Waals surface area (Å²) in [6, 6.07) is 4.53. The summed E-state index contributed by atoms with van der Waals surface area (Å²) in [6.45, 7) is 4.87. The summed E-state index contributed by atoms with van der Waals surface area (Å²) >= 11 is 1.23. The Morgan fingerprint density at radius 1 is 1.31 bits per heavy atom. The van der Waals surface area contributed by atoms with Crippen molar-refractivity contribution in [1.82, 2.24) is 10.2 Å². The summed E-state index contributed by atoms with van der Waals surface area (Å²) in [5.74, 6) is -1.28. The maximum atomic E-state index is 12.7. The number of nitro benzene ring substituents is 1. The van der Waals surface area contributed by atoms with E-state index in [1.807, 2.05) is 0 Å². The van der Waals surface area contributed by atoms with E-state index in [-0.39, 0.29) is 29.3 Å². The van der Waals surface area contributed by atoms with E-state index in [0.29, 0.717) is 11.8 Å². The van der Waals surface area contributed by atoms with Gasteiger partial charge in [0.25, 0.3) is 11.6 Å². The zero-order valence-corrected chi connectivity index (χ0v) is 18.3. The molecule has 2 amide bonds. The van der Waals surface area contributed by atoms with Gasteiger partial charge >= 0.3 is 12.1 Å². The number of hydrogen-bond donors (Lipinski definition) is 1. The van der Waals surface area contributed by atoms with Crippen molar-refractivity contribution in [2.75, 3.05) is 5.75 Å². The molecule has 0 bridgehead atoms. The molecule has 1 fully saturated rings. The lowest BCUT2D eigenvalue weighted by atomic mass is 10.0. The number of thioether (sulfide) groups is 1. The average Bonchev–Trinajstić information content (AvgIpc) is 2.73. The molecule has 0 aromatic heterocycles. The Bertz CT molecular complexity index is 999. The number of nitro groups is 1. The number of esters is 1. The van der Waals surface area contributed by atoms with Crippen LogP contribution in [0.5, 0.6) is 0 Å². The predicted octanol–water partition coefficient (Wildman–Crippen LogP) is 1.90. The van der Waals surface area contributed by atoms with Crippen LogP contribution in [0, 0.1) is 10.1 Å². The highest BCUT2D eigenvalue weighted by Gasteiger charge is 2.54. The number of β-lactam (4-membered cyclic amide) rings is 1. The number of non-ortho nitro benzene ring substituents is 1. The Balaban J connectivity index is 1.68. The lowest BCUT2D eigenvalue weighted by molar-refractivity contribution is -0.384. The summed E-state index contributed by atoms with van der Waals surface area (Å²) in [4.78, 5) is 60.2. The SMILES string of the molecule is CC(C)(C)OC(=O)NC1C(=O)N2C(C(=O)OCc3ccc([N+](=O)[O-])cc3)=C(C=O)CS[C@H]12. The summed E-state index contributed by atoms with van der Waals surface area (Å²) in [6.07, 6.45) is -0.267. The fourth-order valence-corrected chi connectivity index (χ4v) is 4.38. The number of fused-ring (bicyclic) bond motifs is 1. The van der Waals surface area contributed by atoms with Crippen molar-refractivity contribution < 1.29 is 33.6 Å². The smallest absolute Gasteiger partial charge is 0.408 e. The van der Waals surface area contributed by atoms with Gasteiger partial charge in [0.1, 0.15) is 35.6 Å². The fraction of sp³-hybridized carbons (Fsp3) is 0.400. The van der Waals surface area contributed by atoms with E-state index in [9.17, 15) is 29.3 Å². The highest BCUT2D eigenvalue weighted by Crippen LogP contribution is 2.40. The van der Waals surface area contributed by atoms with Crippen molar-refractivity contribution in [3.8, 4) is 0 Å². The van der Waals surface area contributed by atoms with Gasteiger partial charge in [0.2, 0.25) is 0 Å². The molecule has 1 aromatic rings. The maximum absolute atomic E-state index is 12.7. The van der Waals surface area contributed by atoms with Gasteiger partial charge in [-0.3, -0.25) is 24.6 Å². The summed E-state index contributed by atoms with van der Waals surface area (Å²) in [7, 11) is 0. The number of nitrogens with zero attached hydrogens (tertiary/aromatic N) is 2. The van der Waals surface area contributed by atoms with Gasteiger partial charge in [-0.15, -0.1) is 11.8 Å². The van der Waals surface area contributed by atoms with E-state index in [0.717, 1.165) is 4.90 Å². The van der Waals surface area contributed by atoms with Gasteiger partial charge in [-0.25, -0.2) is 9.59 Å². The molecule has 1 aromatic carbocycles. The molecule has 3 rings (SSSR count). The number of rotatable bonds is 6. The minimum absolute atomic E-state index is 0.101. The number of hydrogen-bond acceptors (Lipinski definition) is 9. The number of ether oxygens (including phenoxy) is 2. The third-order valence-corrected chi connectivity index (χ3v) is 5.82. The molecule has 11 nitrogen and oxygen atoms in total. The van der Waals surface area contributed by atoms with E-state index in [2.05, 4.69) is 5.32 Å². The Kier molecular flexibility index (Phi) is 6.53. The van der Waals surface area contributed by atoms with Crippen molar-refractivity contribution in [2.24, 2.45) is 0 Å². The van der Waals surface area contributed by atoms with Gasteiger partial charge in [0.15, 0.2) is 0 Å². The van der Waals surface area contributed by atoms with Crippen molar-refractivity contribution in [1.29, 1.82) is 0 Å². The van der Waals surface area contributed by atoms with Crippen LogP contribution in [0.4, 0.5) is 10.5 Å². The van der Waals surface area contributed by atoms with Gasteiger partial charge < -0.3 is 14.8 Å². The Morgan fingerprint density at radius 3 is 2.53 bits per heavy atom. The molecule has 2 aliphatic rings. The molecular weight excluding hydrogens is 442 g/mol. The molecule has 2 aliphatic heterocycles. The molecule has 1 saturated heterocycles. The minimum atomic E-state index is -0.902. The van der Waals surface area contributed by atoms with Crippen LogP contribution >= 0.6 is 11.8 Å². The summed E-state index contributed by atoms with van der Waals surface area (Å²) in [5.41, 5.74) is -0.415. The number of amides is 2. The van der Waals surface area contributed by atoms with E-state index < -0.39 is 39.9 Å². The molecule has 12 heteroatoms. The average molecular weight is 463 g/mol. The molecule has 170 valence electrons. The third kappa shape index (κ3) is 4.90. The van der Waals surface area contributed by atoms with E-state index >= 15 is 0 Å². The monoisotopic (exact) mass is 463 g/mol. The fourth-order valence-electron chi connectivity index (χ4n) is 3.09. The molecule has 0 radical (unpaired) electrons. The summed E-state index contributed by atoms with van der Waals surface area (Å²) < 4.78 is 10.4. The molecule has 0 aliphatic carbocycles. The first-order chi connectivity index (χ1) is 15.0. The summed E-state index contributed by atoms with van der Waals surface area (Å²) in [5, 5.41) is 12.6. The molecule has 1 N–H and O–H groups in total. The van der Waals surface area contributed by atoms with Crippen molar-refractivity contribution in [2.45, 2.75) is 44.4 Å². The molecule has 0 spiro atoms. The second-order valence-electron chi connectivity index (χ2n) is 8.03. The van der Waals surface area contributed by atoms with Crippen LogP contribution in [0.3, 0.4) is 0 Å². The Hall–Kier alpha value is -3.41. The molecule has 32 heavy (non-hydrogen) atoms. The lowest BCUT2D eigenvalue weighted by Crippen LogP contribution is -2.70. The quantitative estimate of drug-likeness (QED) is 0.220. The van der Waals surface area contributed by atoms with Crippen LogP contribution in [0.1, 0.15) is 26.3 Å². The standard InChI is InChI=1S/C20H21N3O8S/c1-20(2,3)31-19(27)21-14-16(25)22-15(12(8-24)10-32-17(14)22)18(26)30-9-11-4-6-13(7-5-11)23(28)29/h4-8,14,17H,9-10H2,1-3H3,(H,21,27)/t14?,17-/m1/s1. The zero-order valence-electron chi connectivity index (χ0n) is 17.5. The Labute approximate surface area is 187 Å². The van der Waals surface area contributed by atoms with Crippen LogP contribution in [-0.2, 0) is 30.5 Å². The van der Waals surface area contributed by atoms with Crippen molar-refractivity contribution in [3.63, 3.8) is 0 Å². The highest BCUT2D eigenvalue weighted by atomic mass is 32.2. The Morgan fingerprint density at radius 2 is 1.97 bits per heavy atom. The second kappa shape index (κ2) is 8.99. The third-order valence-electron chi connectivity index (χ3n) is 4.52. The zero-order chi connectivity index (χ0) is 23.6. The van der Waals surface area contributed by atoms with Crippen LogP contribution in [-0.4, -0.2) is 56.8 Å². The topological polar surface area (TPSA) is 145 Å². The van der Waals surface area contributed by atoms with Gasteiger partial charge in [-0.05, 0) is 38.5 Å². The predicted molar refractivity (Wildman–Crippen MR) is 112 cm³/mol.